The number of amides is 2. The molecule has 0 bridgehead atoms. The average Bonchev–Trinajstić information content (AvgIpc) is 2.74. The predicted molar refractivity (Wildman–Crippen MR) is 73.5 cm³/mol. The van der Waals surface area contributed by atoms with E-state index in [2.05, 4.69) is 10.3 Å². The van der Waals surface area contributed by atoms with Gasteiger partial charge in [-0.1, -0.05) is 0 Å². The zero-order valence-corrected chi connectivity index (χ0v) is 11.3. The molecule has 1 spiro atoms. The number of aromatic nitrogens is 1. The van der Waals surface area contributed by atoms with Crippen molar-refractivity contribution in [1.82, 2.24) is 10.3 Å². The maximum Gasteiger partial charge on any atom is 0.233 e. The van der Waals surface area contributed by atoms with Crippen molar-refractivity contribution in [2.75, 3.05) is 23.2 Å². The quantitative estimate of drug-likeness (QED) is 0.600. The van der Waals surface area contributed by atoms with Crippen LogP contribution in [-0.2, 0) is 9.59 Å². The lowest BCUT2D eigenvalue weighted by atomic mass is 9.77. The number of nitrogens with zero attached hydrogens (tertiary/aromatic N) is 3. The zero-order chi connectivity index (χ0) is 15.0. The van der Waals surface area contributed by atoms with Gasteiger partial charge in [-0.15, -0.1) is 0 Å². The van der Waals surface area contributed by atoms with Gasteiger partial charge in [0.1, 0.15) is 5.82 Å². The van der Waals surface area contributed by atoms with Crippen molar-refractivity contribution in [3.05, 3.63) is 23.5 Å². The lowest BCUT2D eigenvalue weighted by Gasteiger charge is -2.37. The van der Waals surface area contributed by atoms with E-state index in [9.17, 15) is 14.8 Å². The molecule has 8 heteroatoms. The van der Waals surface area contributed by atoms with Crippen LogP contribution < -0.4 is 15.4 Å². The number of rotatable bonds is 2. The summed E-state index contributed by atoms with van der Waals surface area (Å²) in [7, 11) is 0. The maximum atomic E-state index is 11.9. The Balaban J connectivity index is 1.68. The molecule has 2 N–H and O–H groups in total. The molecule has 0 unspecified atom stereocenters. The summed E-state index contributed by atoms with van der Waals surface area (Å²) < 4.78 is 0. The Morgan fingerprint density at radius 2 is 2.05 bits per heavy atom. The molecule has 3 rings (SSSR count). The van der Waals surface area contributed by atoms with Gasteiger partial charge in [0, 0.05) is 19.5 Å². The number of carbonyl (C=O) groups is 2. The smallest absolute Gasteiger partial charge is 0.233 e. The van der Waals surface area contributed by atoms with Gasteiger partial charge in [0.2, 0.25) is 11.8 Å². The van der Waals surface area contributed by atoms with E-state index in [1.54, 1.807) is 6.07 Å². The van der Waals surface area contributed by atoms with Crippen LogP contribution in [0.5, 0.6) is 0 Å². The molecule has 2 aliphatic rings. The maximum absolute atomic E-state index is 11.9. The first-order valence-corrected chi connectivity index (χ1v) is 6.72. The average molecular weight is 291 g/mol. The number of pyridine rings is 1. The van der Waals surface area contributed by atoms with Gasteiger partial charge >= 0.3 is 0 Å². The number of hydrogen-bond acceptors (Lipinski definition) is 7. The van der Waals surface area contributed by atoms with E-state index >= 15 is 0 Å². The van der Waals surface area contributed by atoms with Crippen molar-refractivity contribution in [3.63, 3.8) is 0 Å². The van der Waals surface area contributed by atoms with E-state index in [0.717, 1.165) is 0 Å². The second-order valence-corrected chi connectivity index (χ2v) is 5.47. The third-order valence-electron chi connectivity index (χ3n) is 4.23. The van der Waals surface area contributed by atoms with Gasteiger partial charge in [0.05, 0.1) is 17.3 Å². The summed E-state index contributed by atoms with van der Waals surface area (Å²) in [6, 6.07) is 3.12. The highest BCUT2D eigenvalue weighted by Crippen LogP contribution is 2.39. The Morgan fingerprint density at radius 1 is 1.33 bits per heavy atom. The molecule has 0 aliphatic carbocycles. The molecule has 2 saturated heterocycles. The Morgan fingerprint density at radius 3 is 2.52 bits per heavy atom. The van der Waals surface area contributed by atoms with E-state index in [1.165, 1.54) is 12.3 Å². The Hall–Kier alpha value is -2.19. The predicted octanol–water partition coefficient (Wildman–Crippen LogP) is 0.408. The number of hydrogen-bond donors (Lipinski definition) is 2. The fraction of sp³-hybridized carbons (Fsp3) is 0.462. The first-order valence-electron chi connectivity index (χ1n) is 6.72. The molecule has 8 nitrogen and oxygen atoms in total. The van der Waals surface area contributed by atoms with Gasteiger partial charge in [-0.2, -0.15) is 0 Å². The number of imide groups is 1. The second-order valence-electron chi connectivity index (χ2n) is 5.47. The standard InChI is InChI=1S/C13H15N4O4/c18-11-7-13(12(19)15-11)3-5-16(6-4-13)10-2-1-9(8-14-10)17(20)21/h1-2,8,20H,3-7H2,(H,15,18,19)/q-1. The molecule has 2 fully saturated rings. The van der Waals surface area contributed by atoms with Gasteiger partial charge in [-0.25, -0.2) is 4.98 Å². The summed E-state index contributed by atoms with van der Waals surface area (Å²) >= 11 is 0. The van der Waals surface area contributed by atoms with Crippen molar-refractivity contribution in [2.24, 2.45) is 5.41 Å². The molecule has 1 aromatic rings. The molecule has 0 aromatic carbocycles. The fourth-order valence-electron chi connectivity index (χ4n) is 2.94. The van der Waals surface area contributed by atoms with E-state index in [-0.39, 0.29) is 29.1 Å². The highest BCUT2D eigenvalue weighted by Gasteiger charge is 2.48. The molecule has 0 atom stereocenters. The zero-order valence-electron chi connectivity index (χ0n) is 11.3. The SMILES string of the molecule is O=C1CC2(CCN(c3ccc(N([O-])O)cn3)CC2)C(=O)N1. The first kappa shape index (κ1) is 13.8. The van der Waals surface area contributed by atoms with Crippen LogP contribution in [0.2, 0.25) is 0 Å². The van der Waals surface area contributed by atoms with Gasteiger partial charge < -0.3 is 15.3 Å². The van der Waals surface area contributed by atoms with Gasteiger partial charge in [-0.3, -0.25) is 20.1 Å². The van der Waals surface area contributed by atoms with Gasteiger partial charge in [0.25, 0.3) is 0 Å². The van der Waals surface area contributed by atoms with Crippen molar-refractivity contribution >= 4 is 23.3 Å². The summed E-state index contributed by atoms with van der Waals surface area (Å²) in [5.41, 5.74) is -0.502. The Bertz CT molecular complexity index is 564. The van der Waals surface area contributed by atoms with E-state index in [1.807, 2.05) is 4.90 Å². The molecule has 3 heterocycles. The summed E-state index contributed by atoms with van der Waals surface area (Å²) in [6.45, 7) is 1.24. The van der Waals surface area contributed by atoms with E-state index in [0.29, 0.717) is 31.7 Å². The minimum Gasteiger partial charge on any atom is -0.733 e. The van der Waals surface area contributed by atoms with Crippen LogP contribution in [0.3, 0.4) is 0 Å². The van der Waals surface area contributed by atoms with Crippen LogP contribution in [0.1, 0.15) is 19.3 Å². The Kier molecular flexibility index (Phi) is 3.26. The van der Waals surface area contributed by atoms with Crippen molar-refractivity contribution in [1.29, 1.82) is 0 Å². The van der Waals surface area contributed by atoms with Crippen LogP contribution >= 0.6 is 0 Å². The highest BCUT2D eigenvalue weighted by atomic mass is 16.8. The van der Waals surface area contributed by atoms with Crippen molar-refractivity contribution in [3.8, 4) is 0 Å². The molecule has 0 saturated carbocycles. The molecule has 2 aliphatic heterocycles. The summed E-state index contributed by atoms with van der Waals surface area (Å²) in [6.07, 6.45) is 2.75. The molecule has 112 valence electrons. The van der Waals surface area contributed by atoms with Gasteiger partial charge in [0.15, 0.2) is 0 Å². The molecular weight excluding hydrogens is 276 g/mol. The van der Waals surface area contributed by atoms with Gasteiger partial charge in [-0.05, 0) is 25.0 Å². The minimum atomic E-state index is -0.565. The lowest BCUT2D eigenvalue weighted by molar-refractivity contribution is -0.129. The van der Waals surface area contributed by atoms with E-state index < -0.39 is 5.41 Å². The summed E-state index contributed by atoms with van der Waals surface area (Å²) in [5.74, 6) is 0.312. The first-order chi connectivity index (χ1) is 10.00. The molecule has 2 amide bonds. The lowest BCUT2D eigenvalue weighted by Crippen LogP contribution is -2.44. The number of piperidine rings is 1. The van der Waals surface area contributed by atoms with Crippen LogP contribution in [-0.4, -0.2) is 35.1 Å². The summed E-state index contributed by atoms with van der Waals surface area (Å²) in [4.78, 5) is 29.4. The second kappa shape index (κ2) is 4.97. The topological polar surface area (TPSA) is 109 Å². The van der Waals surface area contributed by atoms with Crippen LogP contribution in [0.4, 0.5) is 11.5 Å². The number of anilines is 2. The van der Waals surface area contributed by atoms with Crippen molar-refractivity contribution in [2.45, 2.75) is 19.3 Å². The molecular formula is C13H15N4O4-. The largest absolute Gasteiger partial charge is 0.733 e. The summed E-state index contributed by atoms with van der Waals surface area (Å²) in [5, 5.41) is 21.6. The monoisotopic (exact) mass is 291 g/mol. The third kappa shape index (κ3) is 2.43. The minimum absolute atomic E-state index is 0.0630. The molecule has 0 radical (unpaired) electrons. The highest BCUT2D eigenvalue weighted by molar-refractivity contribution is 6.06. The number of nitrogens with one attached hydrogen (secondary N) is 1. The van der Waals surface area contributed by atoms with E-state index in [4.69, 9.17) is 5.21 Å². The van der Waals surface area contributed by atoms with Crippen molar-refractivity contribution < 1.29 is 14.8 Å². The van der Waals surface area contributed by atoms with Crippen LogP contribution in [0.25, 0.3) is 0 Å². The molecule has 21 heavy (non-hydrogen) atoms. The van der Waals surface area contributed by atoms with Crippen LogP contribution in [0.15, 0.2) is 18.3 Å². The fourth-order valence-corrected chi connectivity index (χ4v) is 2.94. The van der Waals surface area contributed by atoms with Crippen LogP contribution in [0, 0.1) is 10.6 Å². The Labute approximate surface area is 120 Å². The normalized spacial score (nSPS) is 20.8. The molecule has 1 aromatic heterocycles. The third-order valence-corrected chi connectivity index (χ3v) is 4.23. The number of carbonyl (C=O) groups excluding carboxylic acids is 2.